The molecule has 1 aliphatic rings. The highest BCUT2D eigenvalue weighted by Gasteiger charge is 2.30. The number of halogens is 2. The number of benzene rings is 1. The van der Waals surface area contributed by atoms with Crippen molar-refractivity contribution in [2.75, 3.05) is 17.6 Å². The fourth-order valence-electron chi connectivity index (χ4n) is 2.00. The zero-order valence-electron chi connectivity index (χ0n) is 11.2. The van der Waals surface area contributed by atoms with Crippen molar-refractivity contribution in [1.82, 2.24) is 0 Å². The molecule has 0 saturated carbocycles. The van der Waals surface area contributed by atoms with Crippen LogP contribution < -0.4 is 5.32 Å². The largest absolute Gasteiger partial charge is 0.335 e. The summed E-state index contributed by atoms with van der Waals surface area (Å²) in [6.45, 7) is 5.17. The molecule has 0 amide bonds. The Morgan fingerprint density at radius 2 is 2.00 bits per heavy atom. The molecule has 0 bridgehead atoms. The Labute approximate surface area is 116 Å². The van der Waals surface area contributed by atoms with Gasteiger partial charge in [-0.05, 0) is 30.4 Å². The number of nitrogens with one attached hydrogen (secondary N) is 1. The first-order valence-electron chi connectivity index (χ1n) is 6.48. The minimum absolute atomic E-state index is 0.282. The molecule has 2 nitrogen and oxygen atoms in total. The molecule has 104 valence electrons. The normalized spacial score (nSPS) is 18.0. The van der Waals surface area contributed by atoms with Gasteiger partial charge in [-0.1, -0.05) is 25.6 Å². The zero-order chi connectivity index (χ0) is 13.9. The van der Waals surface area contributed by atoms with E-state index in [0.717, 1.165) is 42.4 Å². The average molecular weight is 284 g/mol. The van der Waals surface area contributed by atoms with E-state index >= 15 is 0 Å². The number of rotatable bonds is 3. The van der Waals surface area contributed by atoms with Crippen molar-refractivity contribution in [3.63, 3.8) is 0 Å². The standard InChI is InChI=1S/C14H18F2N2S/c1-3-14(4-2)8-17-13(19-9-14)18-10-5-6-11(15)12(16)7-10/h5-7H,3-4,8-9H2,1-2H3,(H,17,18). The summed E-state index contributed by atoms with van der Waals surface area (Å²) in [6, 6.07) is 3.79. The van der Waals surface area contributed by atoms with E-state index in [2.05, 4.69) is 24.2 Å². The topological polar surface area (TPSA) is 24.4 Å². The van der Waals surface area contributed by atoms with Gasteiger partial charge in [-0.15, -0.1) is 0 Å². The Morgan fingerprint density at radius 1 is 1.26 bits per heavy atom. The molecule has 1 aliphatic heterocycles. The van der Waals surface area contributed by atoms with Crippen LogP contribution in [-0.2, 0) is 0 Å². The molecule has 0 unspecified atom stereocenters. The van der Waals surface area contributed by atoms with Crippen LogP contribution in [0.2, 0.25) is 0 Å². The summed E-state index contributed by atoms with van der Waals surface area (Å²) in [5.41, 5.74) is 0.815. The van der Waals surface area contributed by atoms with Gasteiger partial charge in [0.2, 0.25) is 0 Å². The second kappa shape index (κ2) is 5.90. The number of amidine groups is 1. The summed E-state index contributed by atoms with van der Waals surface area (Å²) in [5.74, 6) is -0.669. The van der Waals surface area contributed by atoms with E-state index in [1.54, 1.807) is 11.8 Å². The summed E-state index contributed by atoms with van der Waals surface area (Å²) in [6.07, 6.45) is 2.22. The molecular formula is C14H18F2N2S. The third-order valence-corrected chi connectivity index (χ3v) is 5.01. The van der Waals surface area contributed by atoms with Crippen molar-refractivity contribution < 1.29 is 8.78 Å². The van der Waals surface area contributed by atoms with Crippen LogP contribution in [0.25, 0.3) is 0 Å². The van der Waals surface area contributed by atoms with Gasteiger partial charge in [0.15, 0.2) is 16.8 Å². The number of aliphatic imine (C=N–C) groups is 1. The first-order chi connectivity index (χ1) is 9.08. The third kappa shape index (κ3) is 3.26. The molecule has 0 aromatic heterocycles. The SMILES string of the molecule is CCC1(CC)CN=C(Nc2ccc(F)c(F)c2)SC1. The van der Waals surface area contributed by atoms with Gasteiger partial charge in [0.05, 0.1) is 0 Å². The van der Waals surface area contributed by atoms with Crippen LogP contribution in [0.3, 0.4) is 0 Å². The van der Waals surface area contributed by atoms with Gasteiger partial charge >= 0.3 is 0 Å². The molecule has 5 heteroatoms. The van der Waals surface area contributed by atoms with Gasteiger partial charge in [0, 0.05) is 24.1 Å². The Bertz CT molecular complexity index is 484. The van der Waals surface area contributed by atoms with E-state index in [4.69, 9.17) is 0 Å². The highest BCUT2D eigenvalue weighted by Crippen LogP contribution is 2.35. The van der Waals surface area contributed by atoms with Crippen molar-refractivity contribution in [2.24, 2.45) is 10.4 Å². The number of hydrogen-bond donors (Lipinski definition) is 1. The lowest BCUT2D eigenvalue weighted by Gasteiger charge is -2.33. The summed E-state index contributed by atoms with van der Waals surface area (Å²) in [5, 5.41) is 3.82. The Balaban J connectivity index is 2.05. The van der Waals surface area contributed by atoms with E-state index in [-0.39, 0.29) is 5.41 Å². The third-order valence-electron chi connectivity index (χ3n) is 3.74. The van der Waals surface area contributed by atoms with Crippen LogP contribution in [0.4, 0.5) is 14.5 Å². The van der Waals surface area contributed by atoms with Crippen molar-refractivity contribution in [1.29, 1.82) is 0 Å². The van der Waals surface area contributed by atoms with E-state index in [1.807, 2.05) is 0 Å². The van der Waals surface area contributed by atoms with Gasteiger partial charge < -0.3 is 5.32 Å². The highest BCUT2D eigenvalue weighted by molar-refractivity contribution is 8.14. The van der Waals surface area contributed by atoms with Crippen LogP contribution in [0.15, 0.2) is 23.2 Å². The molecule has 0 aliphatic carbocycles. The lowest BCUT2D eigenvalue weighted by molar-refractivity contribution is 0.318. The molecule has 1 N–H and O–H groups in total. The number of thioether (sulfide) groups is 1. The first-order valence-corrected chi connectivity index (χ1v) is 7.46. The van der Waals surface area contributed by atoms with Crippen molar-refractivity contribution in [3.8, 4) is 0 Å². The van der Waals surface area contributed by atoms with E-state index in [0.29, 0.717) is 5.69 Å². The van der Waals surface area contributed by atoms with Gasteiger partial charge in [-0.25, -0.2) is 8.78 Å². The van der Waals surface area contributed by atoms with E-state index < -0.39 is 11.6 Å². The maximum atomic E-state index is 13.1. The summed E-state index contributed by atoms with van der Waals surface area (Å²) < 4.78 is 25.9. The second-order valence-electron chi connectivity index (χ2n) is 4.87. The molecule has 1 aromatic rings. The quantitative estimate of drug-likeness (QED) is 0.895. The number of hydrogen-bond acceptors (Lipinski definition) is 3. The fraction of sp³-hybridized carbons (Fsp3) is 0.500. The minimum Gasteiger partial charge on any atom is -0.335 e. The highest BCUT2D eigenvalue weighted by atomic mass is 32.2. The monoisotopic (exact) mass is 284 g/mol. The Morgan fingerprint density at radius 3 is 2.53 bits per heavy atom. The predicted octanol–water partition coefficient (Wildman–Crippen LogP) is 4.29. The summed E-state index contributed by atoms with van der Waals surface area (Å²) in [7, 11) is 0. The molecule has 19 heavy (non-hydrogen) atoms. The average Bonchev–Trinajstić information content (AvgIpc) is 2.44. The van der Waals surface area contributed by atoms with Gasteiger partial charge in [-0.3, -0.25) is 4.99 Å². The van der Waals surface area contributed by atoms with Crippen molar-refractivity contribution in [2.45, 2.75) is 26.7 Å². The minimum atomic E-state index is -0.845. The molecule has 1 aromatic carbocycles. The molecule has 0 radical (unpaired) electrons. The van der Waals surface area contributed by atoms with Gasteiger partial charge in [0.25, 0.3) is 0 Å². The molecule has 0 fully saturated rings. The molecule has 0 atom stereocenters. The smallest absolute Gasteiger partial charge is 0.161 e. The maximum absolute atomic E-state index is 13.1. The van der Waals surface area contributed by atoms with Crippen molar-refractivity contribution >= 4 is 22.6 Å². The van der Waals surface area contributed by atoms with Crippen LogP contribution in [0, 0.1) is 17.0 Å². The molecule has 1 heterocycles. The van der Waals surface area contributed by atoms with Crippen LogP contribution in [-0.4, -0.2) is 17.5 Å². The number of anilines is 1. The lowest BCUT2D eigenvalue weighted by Crippen LogP contribution is -2.32. The van der Waals surface area contributed by atoms with Crippen molar-refractivity contribution in [3.05, 3.63) is 29.8 Å². The summed E-state index contributed by atoms with van der Waals surface area (Å²) in [4.78, 5) is 4.52. The molecule has 0 spiro atoms. The summed E-state index contributed by atoms with van der Waals surface area (Å²) >= 11 is 1.65. The predicted molar refractivity (Wildman–Crippen MR) is 77.8 cm³/mol. The Hall–Kier alpha value is -1.10. The molecule has 2 rings (SSSR count). The fourth-order valence-corrected chi connectivity index (χ4v) is 3.29. The van der Waals surface area contributed by atoms with Gasteiger partial charge in [0.1, 0.15) is 0 Å². The van der Waals surface area contributed by atoms with Crippen LogP contribution in [0.1, 0.15) is 26.7 Å². The molecule has 0 saturated heterocycles. The first kappa shape index (κ1) is 14.3. The second-order valence-corrected chi connectivity index (χ2v) is 5.84. The van der Waals surface area contributed by atoms with Crippen LogP contribution >= 0.6 is 11.8 Å². The van der Waals surface area contributed by atoms with E-state index in [1.165, 1.54) is 6.07 Å². The van der Waals surface area contributed by atoms with Gasteiger partial charge in [-0.2, -0.15) is 0 Å². The zero-order valence-corrected chi connectivity index (χ0v) is 12.0. The lowest BCUT2D eigenvalue weighted by atomic mass is 9.84. The maximum Gasteiger partial charge on any atom is 0.161 e. The van der Waals surface area contributed by atoms with E-state index in [9.17, 15) is 8.78 Å². The number of nitrogens with zero attached hydrogens (tertiary/aromatic N) is 1. The Kier molecular flexibility index (Phi) is 4.45. The molecular weight excluding hydrogens is 266 g/mol. The van der Waals surface area contributed by atoms with Crippen LogP contribution in [0.5, 0.6) is 0 Å².